The van der Waals surface area contributed by atoms with Crippen molar-refractivity contribution in [3.63, 3.8) is 0 Å². The number of nitrogens with one attached hydrogen (secondary N) is 1. The second-order valence-electron chi connectivity index (χ2n) is 8.57. The molecule has 30 heavy (non-hydrogen) atoms. The molecule has 0 aromatic heterocycles. The van der Waals surface area contributed by atoms with E-state index in [4.69, 9.17) is 27.9 Å². The van der Waals surface area contributed by atoms with Crippen LogP contribution < -0.4 is 10.2 Å². The molecule has 1 saturated heterocycles. The Kier molecular flexibility index (Phi) is 9.57. The number of hydrogen-bond donors (Lipinski definition) is 1. The van der Waals surface area contributed by atoms with Gasteiger partial charge in [0.15, 0.2) is 0 Å². The van der Waals surface area contributed by atoms with Crippen molar-refractivity contribution in [1.29, 1.82) is 0 Å². The quantitative estimate of drug-likeness (QED) is 0.552. The van der Waals surface area contributed by atoms with Gasteiger partial charge in [-0.15, -0.1) is 0 Å². The van der Waals surface area contributed by atoms with Crippen molar-refractivity contribution in [3.8, 4) is 0 Å². The van der Waals surface area contributed by atoms with Crippen LogP contribution in [0.4, 0.5) is 5.69 Å². The number of anilines is 1. The molecule has 7 heteroatoms. The third kappa shape index (κ3) is 7.01. The molecule has 1 aromatic carbocycles. The zero-order chi connectivity index (χ0) is 21.3. The highest BCUT2D eigenvalue weighted by Crippen LogP contribution is 2.33. The minimum Gasteiger partial charge on any atom is -0.385 e. The number of benzene rings is 1. The number of ether oxygens (including phenoxy) is 1. The van der Waals surface area contributed by atoms with E-state index in [0.717, 1.165) is 63.6 Å². The molecular formula is C23H35Cl2N3O2. The van der Waals surface area contributed by atoms with Gasteiger partial charge in [-0.05, 0) is 63.1 Å². The lowest BCUT2D eigenvalue weighted by Gasteiger charge is -2.37. The van der Waals surface area contributed by atoms with Crippen LogP contribution in [0.1, 0.15) is 44.9 Å². The molecule has 168 valence electrons. The molecule has 0 unspecified atom stereocenters. The van der Waals surface area contributed by atoms with E-state index in [-0.39, 0.29) is 5.91 Å². The monoisotopic (exact) mass is 455 g/mol. The Morgan fingerprint density at radius 3 is 2.57 bits per heavy atom. The molecule has 1 heterocycles. The highest BCUT2D eigenvalue weighted by atomic mass is 35.5. The summed E-state index contributed by atoms with van der Waals surface area (Å²) in [5.41, 5.74) is 1.05. The zero-order valence-electron chi connectivity index (χ0n) is 18.0. The molecule has 2 fully saturated rings. The highest BCUT2D eigenvalue weighted by molar-refractivity contribution is 6.43. The molecule has 0 atom stereocenters. The second-order valence-corrected chi connectivity index (χ2v) is 9.36. The fourth-order valence-electron chi connectivity index (χ4n) is 4.59. The van der Waals surface area contributed by atoms with E-state index in [2.05, 4.69) is 21.2 Å². The van der Waals surface area contributed by atoms with E-state index in [9.17, 15) is 4.79 Å². The maximum atomic E-state index is 12.0. The molecule has 5 nitrogen and oxygen atoms in total. The van der Waals surface area contributed by atoms with Crippen molar-refractivity contribution in [2.75, 3.05) is 51.3 Å². The Labute approximate surface area is 191 Å². The van der Waals surface area contributed by atoms with Crippen LogP contribution in [0.5, 0.6) is 0 Å². The van der Waals surface area contributed by atoms with Gasteiger partial charge in [-0.3, -0.25) is 9.69 Å². The van der Waals surface area contributed by atoms with E-state index >= 15 is 0 Å². The summed E-state index contributed by atoms with van der Waals surface area (Å²) >= 11 is 12.5. The summed E-state index contributed by atoms with van der Waals surface area (Å²) in [6.45, 7) is 5.92. The lowest BCUT2D eigenvalue weighted by atomic mass is 9.84. The molecule has 0 bridgehead atoms. The van der Waals surface area contributed by atoms with Gasteiger partial charge in [0.1, 0.15) is 0 Å². The Morgan fingerprint density at radius 1 is 1.13 bits per heavy atom. The molecular weight excluding hydrogens is 421 g/mol. The van der Waals surface area contributed by atoms with Crippen LogP contribution in [0.15, 0.2) is 18.2 Å². The third-order valence-corrected chi connectivity index (χ3v) is 7.27. The van der Waals surface area contributed by atoms with Crippen LogP contribution in [-0.2, 0) is 9.53 Å². The minimum absolute atomic E-state index is 0.174. The highest BCUT2D eigenvalue weighted by Gasteiger charge is 2.24. The van der Waals surface area contributed by atoms with Crippen LogP contribution in [-0.4, -0.2) is 63.3 Å². The summed E-state index contributed by atoms with van der Waals surface area (Å²) in [6.07, 6.45) is 7.30. The molecule has 0 radical (unpaired) electrons. The van der Waals surface area contributed by atoms with Crippen LogP contribution in [0.2, 0.25) is 10.0 Å². The van der Waals surface area contributed by atoms with E-state index in [0.29, 0.717) is 29.1 Å². The summed E-state index contributed by atoms with van der Waals surface area (Å²) in [7, 11) is 1.67. The maximum Gasteiger partial charge on any atom is 0.220 e. The Hall–Kier alpha value is -1.01. The Bertz CT molecular complexity index is 672. The van der Waals surface area contributed by atoms with Crippen LogP contribution >= 0.6 is 23.2 Å². The van der Waals surface area contributed by atoms with Gasteiger partial charge in [-0.2, -0.15) is 0 Å². The largest absolute Gasteiger partial charge is 0.385 e. The van der Waals surface area contributed by atoms with Crippen molar-refractivity contribution in [2.45, 2.75) is 51.0 Å². The summed E-state index contributed by atoms with van der Waals surface area (Å²) in [4.78, 5) is 16.9. The minimum atomic E-state index is 0.174. The average Bonchev–Trinajstić information content (AvgIpc) is 2.76. The van der Waals surface area contributed by atoms with Crippen LogP contribution in [0, 0.1) is 5.92 Å². The predicted octanol–water partition coefficient (Wildman–Crippen LogP) is 4.61. The van der Waals surface area contributed by atoms with Crippen molar-refractivity contribution >= 4 is 34.8 Å². The Balaban J connectivity index is 1.31. The van der Waals surface area contributed by atoms with E-state index in [1.54, 1.807) is 7.11 Å². The first kappa shape index (κ1) is 23.6. The van der Waals surface area contributed by atoms with Gasteiger partial charge in [-0.25, -0.2) is 0 Å². The first-order valence-electron chi connectivity index (χ1n) is 11.3. The van der Waals surface area contributed by atoms with Crippen LogP contribution in [0.25, 0.3) is 0 Å². The van der Waals surface area contributed by atoms with E-state index in [1.165, 1.54) is 19.3 Å². The molecule has 3 rings (SSSR count). The van der Waals surface area contributed by atoms with Crippen LogP contribution in [0.3, 0.4) is 0 Å². The van der Waals surface area contributed by atoms with E-state index in [1.807, 2.05) is 12.1 Å². The molecule has 1 saturated carbocycles. The van der Waals surface area contributed by atoms with Gasteiger partial charge in [0, 0.05) is 52.4 Å². The topological polar surface area (TPSA) is 44.8 Å². The number of halogens is 2. The first-order valence-corrected chi connectivity index (χ1v) is 12.0. The Morgan fingerprint density at radius 2 is 1.87 bits per heavy atom. The fraction of sp³-hybridized carbons (Fsp3) is 0.696. The summed E-state index contributed by atoms with van der Waals surface area (Å²) in [6, 6.07) is 6.22. The summed E-state index contributed by atoms with van der Waals surface area (Å²) in [5, 5.41) is 4.49. The first-order chi connectivity index (χ1) is 14.6. The molecule has 1 aromatic rings. The predicted molar refractivity (Wildman–Crippen MR) is 125 cm³/mol. The van der Waals surface area contributed by atoms with Gasteiger partial charge in [-0.1, -0.05) is 29.3 Å². The molecule has 2 aliphatic rings. The normalized spacial score (nSPS) is 22.8. The standard InChI is InChI=1S/C23H35Cl2N3O2/c1-30-17-3-6-22(29)26-19-9-7-18(8-10-19)11-12-27-13-15-28(16-14-27)21-5-2-4-20(24)23(21)25/h2,4-5,18-19H,3,6-17H2,1H3,(H,26,29). The van der Waals surface area contributed by atoms with Gasteiger partial charge in [0.05, 0.1) is 15.7 Å². The van der Waals surface area contributed by atoms with Crippen molar-refractivity contribution < 1.29 is 9.53 Å². The van der Waals surface area contributed by atoms with Gasteiger partial charge in [0.2, 0.25) is 5.91 Å². The average molecular weight is 456 g/mol. The number of carbonyl (C=O) groups excluding carboxylic acids is 1. The maximum absolute atomic E-state index is 12.0. The number of amides is 1. The van der Waals surface area contributed by atoms with Gasteiger partial charge in [0.25, 0.3) is 0 Å². The SMILES string of the molecule is COCCCC(=O)NC1CCC(CCN2CCN(c3cccc(Cl)c3Cl)CC2)CC1. The third-order valence-electron chi connectivity index (χ3n) is 6.46. The summed E-state index contributed by atoms with van der Waals surface area (Å²) in [5.74, 6) is 0.959. The van der Waals surface area contributed by atoms with Crippen molar-refractivity contribution in [2.24, 2.45) is 5.92 Å². The molecule has 1 N–H and O–H groups in total. The zero-order valence-corrected chi connectivity index (χ0v) is 19.6. The molecule has 1 aliphatic carbocycles. The smallest absolute Gasteiger partial charge is 0.220 e. The van der Waals surface area contributed by atoms with Gasteiger partial charge >= 0.3 is 0 Å². The number of hydrogen-bond acceptors (Lipinski definition) is 4. The fourth-order valence-corrected chi connectivity index (χ4v) is 5.00. The van der Waals surface area contributed by atoms with Crippen molar-refractivity contribution in [1.82, 2.24) is 10.2 Å². The lowest BCUT2D eigenvalue weighted by molar-refractivity contribution is -0.122. The molecule has 0 spiro atoms. The number of rotatable bonds is 9. The number of nitrogens with zero attached hydrogens (tertiary/aromatic N) is 2. The van der Waals surface area contributed by atoms with Gasteiger partial charge < -0.3 is 15.0 Å². The molecule has 1 aliphatic heterocycles. The number of methoxy groups -OCH3 is 1. The molecule has 1 amide bonds. The van der Waals surface area contributed by atoms with Crippen molar-refractivity contribution in [3.05, 3.63) is 28.2 Å². The summed E-state index contributed by atoms with van der Waals surface area (Å²) < 4.78 is 5.01. The second kappa shape index (κ2) is 12.1. The number of piperazine rings is 1. The number of carbonyl (C=O) groups is 1. The van der Waals surface area contributed by atoms with E-state index < -0.39 is 0 Å². The lowest BCUT2D eigenvalue weighted by Crippen LogP contribution is -2.47.